The van der Waals surface area contributed by atoms with Crippen LogP contribution in [0, 0.1) is 11.6 Å². The molecule has 9 heteroatoms. The van der Waals surface area contributed by atoms with E-state index in [-0.39, 0.29) is 11.1 Å². The molecule has 0 fully saturated rings. The summed E-state index contributed by atoms with van der Waals surface area (Å²) in [6, 6.07) is 2.68. The average molecular weight is 375 g/mol. The molecular formula is C17H18F5N3O. The van der Waals surface area contributed by atoms with Crippen molar-refractivity contribution in [1.82, 2.24) is 14.5 Å². The van der Waals surface area contributed by atoms with Crippen molar-refractivity contribution in [3.8, 4) is 5.69 Å². The van der Waals surface area contributed by atoms with Crippen LogP contribution in [0.4, 0.5) is 22.0 Å². The molecule has 0 aliphatic rings. The van der Waals surface area contributed by atoms with Gasteiger partial charge in [-0.1, -0.05) is 6.07 Å². The van der Waals surface area contributed by atoms with Crippen molar-refractivity contribution in [2.75, 3.05) is 6.54 Å². The number of hydrogen-bond acceptors (Lipinski definition) is 2. The highest BCUT2D eigenvalue weighted by Gasteiger charge is 2.43. The smallest absolute Gasteiger partial charge is 0.333 e. The first kappa shape index (κ1) is 19.9. The van der Waals surface area contributed by atoms with E-state index >= 15 is 0 Å². The second kappa shape index (κ2) is 6.69. The second-order valence-corrected chi connectivity index (χ2v) is 6.60. The Kier molecular flexibility index (Phi) is 5.12. The predicted molar refractivity (Wildman–Crippen MR) is 84.9 cm³/mol. The maximum atomic E-state index is 14.0. The Morgan fingerprint density at radius 3 is 2.12 bits per heavy atom. The number of carbonyl (C=O) groups is 1. The quantitative estimate of drug-likeness (QED) is 0.745. The third-order valence-electron chi connectivity index (χ3n) is 3.79. The Morgan fingerprint density at radius 1 is 1.15 bits per heavy atom. The fraction of sp³-hybridized carbons (Fsp3) is 0.412. The van der Waals surface area contributed by atoms with Gasteiger partial charge in [0.2, 0.25) is 0 Å². The number of aromatic nitrogens is 2. The van der Waals surface area contributed by atoms with Crippen molar-refractivity contribution in [3.63, 3.8) is 0 Å². The largest absolute Gasteiger partial charge is 0.434 e. The minimum atomic E-state index is -5.05. The number of benzene rings is 1. The number of carbonyl (C=O) groups excluding carboxylic acids is 1. The zero-order chi connectivity index (χ0) is 19.9. The van der Waals surface area contributed by atoms with Gasteiger partial charge < -0.3 is 4.90 Å². The predicted octanol–water partition coefficient (Wildman–Crippen LogP) is 4.43. The topological polar surface area (TPSA) is 38.1 Å². The molecule has 142 valence electrons. The number of alkyl halides is 3. The lowest BCUT2D eigenvalue weighted by molar-refractivity contribution is -0.142. The van der Waals surface area contributed by atoms with Crippen LogP contribution in [0.25, 0.3) is 5.69 Å². The first-order valence-corrected chi connectivity index (χ1v) is 7.80. The second-order valence-electron chi connectivity index (χ2n) is 6.60. The molecule has 1 aromatic heterocycles. The molecule has 26 heavy (non-hydrogen) atoms. The van der Waals surface area contributed by atoms with Gasteiger partial charge in [-0.15, -0.1) is 0 Å². The van der Waals surface area contributed by atoms with Crippen molar-refractivity contribution in [3.05, 3.63) is 47.5 Å². The number of imidazole rings is 1. The third kappa shape index (κ3) is 3.56. The molecular weight excluding hydrogens is 357 g/mol. The van der Waals surface area contributed by atoms with Crippen molar-refractivity contribution >= 4 is 5.91 Å². The van der Waals surface area contributed by atoms with Gasteiger partial charge in [-0.05, 0) is 39.8 Å². The normalized spacial score (nSPS) is 12.3. The fourth-order valence-electron chi connectivity index (χ4n) is 2.71. The summed E-state index contributed by atoms with van der Waals surface area (Å²) in [5.74, 6) is -3.37. The molecule has 0 aliphatic carbocycles. The zero-order valence-corrected chi connectivity index (χ0v) is 14.7. The summed E-state index contributed by atoms with van der Waals surface area (Å²) in [5, 5.41) is 0. The molecule has 0 unspecified atom stereocenters. The zero-order valence-electron chi connectivity index (χ0n) is 14.7. The van der Waals surface area contributed by atoms with Crippen LogP contribution in [-0.2, 0) is 6.18 Å². The van der Waals surface area contributed by atoms with Crippen LogP contribution in [0.5, 0.6) is 0 Å². The minimum absolute atomic E-state index is 0.139. The van der Waals surface area contributed by atoms with E-state index in [1.165, 1.54) is 4.90 Å². The third-order valence-corrected chi connectivity index (χ3v) is 3.79. The fourth-order valence-corrected chi connectivity index (χ4v) is 2.71. The summed E-state index contributed by atoms with van der Waals surface area (Å²) < 4.78 is 69.1. The molecule has 0 spiro atoms. The average Bonchev–Trinajstić information content (AvgIpc) is 2.91. The molecule has 0 N–H and O–H groups in total. The van der Waals surface area contributed by atoms with E-state index < -0.39 is 46.3 Å². The van der Waals surface area contributed by atoms with E-state index in [0.717, 1.165) is 18.2 Å². The summed E-state index contributed by atoms with van der Waals surface area (Å²) in [6.45, 7) is 6.74. The van der Waals surface area contributed by atoms with E-state index in [1.54, 1.807) is 27.7 Å². The van der Waals surface area contributed by atoms with Crippen LogP contribution in [0.3, 0.4) is 0 Å². The van der Waals surface area contributed by atoms with Gasteiger partial charge >= 0.3 is 6.18 Å². The van der Waals surface area contributed by atoms with Gasteiger partial charge in [0.25, 0.3) is 5.91 Å². The van der Waals surface area contributed by atoms with Crippen LogP contribution in [-0.4, -0.2) is 32.4 Å². The van der Waals surface area contributed by atoms with Gasteiger partial charge in [0, 0.05) is 12.1 Å². The number of halogens is 5. The van der Waals surface area contributed by atoms with E-state index in [1.807, 2.05) is 0 Å². The highest BCUT2D eigenvalue weighted by atomic mass is 19.4. The monoisotopic (exact) mass is 375 g/mol. The van der Waals surface area contributed by atoms with Gasteiger partial charge in [0.1, 0.15) is 23.6 Å². The first-order valence-electron chi connectivity index (χ1n) is 7.80. The van der Waals surface area contributed by atoms with Crippen molar-refractivity contribution in [1.29, 1.82) is 0 Å². The molecule has 2 aromatic rings. The number of rotatable bonds is 3. The van der Waals surface area contributed by atoms with Crippen LogP contribution in [0.2, 0.25) is 0 Å². The summed E-state index contributed by atoms with van der Waals surface area (Å²) >= 11 is 0. The summed E-state index contributed by atoms with van der Waals surface area (Å²) in [6.07, 6.45) is -4.44. The van der Waals surface area contributed by atoms with Crippen LogP contribution in [0.1, 0.15) is 43.9 Å². The molecule has 0 saturated heterocycles. The molecule has 0 bridgehead atoms. The standard InChI is InChI=1S/C17H18F5N3O/c1-5-25(16(2,3)4)15(26)12-14(17(20,21)22)24(9-23-12)13-10(18)7-6-8-11(13)19/h6-9H,5H2,1-4H3. The highest BCUT2D eigenvalue weighted by molar-refractivity contribution is 5.94. The van der Waals surface area contributed by atoms with Crippen molar-refractivity contribution in [2.45, 2.75) is 39.4 Å². The number of nitrogens with zero attached hydrogens (tertiary/aromatic N) is 3. The molecule has 0 aliphatic heterocycles. The van der Waals surface area contributed by atoms with Crippen molar-refractivity contribution < 1.29 is 26.7 Å². The van der Waals surface area contributed by atoms with Gasteiger partial charge in [0.05, 0.1) is 0 Å². The molecule has 2 rings (SSSR count). The van der Waals surface area contributed by atoms with Crippen LogP contribution < -0.4 is 0 Å². The van der Waals surface area contributed by atoms with Gasteiger partial charge in [-0.25, -0.2) is 13.8 Å². The molecule has 1 amide bonds. The van der Waals surface area contributed by atoms with E-state index in [0.29, 0.717) is 6.33 Å². The van der Waals surface area contributed by atoms with E-state index in [2.05, 4.69) is 4.98 Å². The van der Waals surface area contributed by atoms with Gasteiger partial charge in [-0.2, -0.15) is 13.2 Å². The Morgan fingerprint density at radius 2 is 1.69 bits per heavy atom. The molecule has 1 heterocycles. The Hall–Kier alpha value is -2.45. The number of para-hydroxylation sites is 1. The number of hydrogen-bond donors (Lipinski definition) is 0. The van der Waals surface area contributed by atoms with Gasteiger partial charge in [-0.3, -0.25) is 9.36 Å². The Bertz CT molecular complexity index is 801. The first-order chi connectivity index (χ1) is 11.9. The lowest BCUT2D eigenvalue weighted by Crippen LogP contribution is -2.46. The van der Waals surface area contributed by atoms with Crippen LogP contribution >= 0.6 is 0 Å². The van der Waals surface area contributed by atoms with E-state index in [9.17, 15) is 26.7 Å². The number of amides is 1. The maximum Gasteiger partial charge on any atom is 0.434 e. The van der Waals surface area contributed by atoms with Gasteiger partial charge in [0.15, 0.2) is 11.4 Å². The maximum absolute atomic E-state index is 14.0. The molecule has 0 saturated carbocycles. The molecule has 0 radical (unpaired) electrons. The summed E-state index contributed by atoms with van der Waals surface area (Å²) in [7, 11) is 0. The van der Waals surface area contributed by atoms with E-state index in [4.69, 9.17) is 0 Å². The lowest BCUT2D eigenvalue weighted by atomic mass is 10.1. The minimum Gasteiger partial charge on any atom is -0.333 e. The Labute approximate surface area is 147 Å². The molecule has 1 aromatic carbocycles. The van der Waals surface area contributed by atoms with Crippen molar-refractivity contribution in [2.24, 2.45) is 0 Å². The summed E-state index contributed by atoms with van der Waals surface area (Å²) in [5.41, 5.74) is -4.13. The highest BCUT2D eigenvalue weighted by Crippen LogP contribution is 2.35. The molecule has 4 nitrogen and oxygen atoms in total. The van der Waals surface area contributed by atoms with Crippen LogP contribution in [0.15, 0.2) is 24.5 Å². The Balaban J connectivity index is 2.72. The lowest BCUT2D eigenvalue weighted by Gasteiger charge is -2.34. The SMILES string of the molecule is CCN(C(=O)c1ncn(-c2c(F)cccc2F)c1C(F)(F)F)C(C)(C)C. The molecule has 0 atom stereocenters. The summed E-state index contributed by atoms with van der Waals surface area (Å²) in [4.78, 5) is 17.4.